The van der Waals surface area contributed by atoms with Crippen molar-refractivity contribution in [3.05, 3.63) is 46.6 Å². The molecule has 2 rings (SSSR count). The van der Waals surface area contributed by atoms with E-state index in [1.807, 2.05) is 0 Å². The standard InChI is InChI=1S/C13H15BrN2O4S/c1-2-16(8-10-3-5-15-6-4-10)21(18,19)12-7-11(9-17)20-13(12)14/h3-7,17H,2,8-9H2,1H3. The molecule has 0 aliphatic carbocycles. The van der Waals surface area contributed by atoms with Crippen LogP contribution in [0.5, 0.6) is 0 Å². The highest BCUT2D eigenvalue weighted by molar-refractivity contribution is 9.10. The van der Waals surface area contributed by atoms with Crippen LogP contribution in [0.1, 0.15) is 18.2 Å². The van der Waals surface area contributed by atoms with Crippen molar-refractivity contribution in [1.82, 2.24) is 9.29 Å². The van der Waals surface area contributed by atoms with Gasteiger partial charge in [-0.3, -0.25) is 4.98 Å². The van der Waals surface area contributed by atoms with Crippen molar-refractivity contribution in [2.75, 3.05) is 6.54 Å². The van der Waals surface area contributed by atoms with E-state index in [2.05, 4.69) is 20.9 Å². The Labute approximate surface area is 131 Å². The monoisotopic (exact) mass is 374 g/mol. The van der Waals surface area contributed by atoms with Gasteiger partial charge in [0.25, 0.3) is 0 Å². The summed E-state index contributed by atoms with van der Waals surface area (Å²) in [7, 11) is -3.71. The number of hydrogen-bond donors (Lipinski definition) is 1. The molecule has 0 fully saturated rings. The second kappa shape index (κ2) is 6.69. The highest BCUT2D eigenvalue weighted by Gasteiger charge is 2.28. The third-order valence-electron chi connectivity index (χ3n) is 2.94. The maximum atomic E-state index is 12.7. The fraction of sp³-hybridized carbons (Fsp3) is 0.308. The van der Waals surface area contributed by atoms with E-state index in [1.165, 1.54) is 10.4 Å². The van der Waals surface area contributed by atoms with Crippen molar-refractivity contribution in [3.8, 4) is 0 Å². The molecule has 0 aromatic carbocycles. The van der Waals surface area contributed by atoms with Crippen molar-refractivity contribution in [1.29, 1.82) is 0 Å². The fourth-order valence-electron chi connectivity index (χ4n) is 1.85. The molecule has 21 heavy (non-hydrogen) atoms. The van der Waals surface area contributed by atoms with Gasteiger partial charge in [-0.1, -0.05) is 6.92 Å². The summed E-state index contributed by atoms with van der Waals surface area (Å²) in [6.07, 6.45) is 3.24. The van der Waals surface area contributed by atoms with E-state index in [1.54, 1.807) is 31.5 Å². The van der Waals surface area contributed by atoms with Crippen LogP contribution < -0.4 is 0 Å². The van der Waals surface area contributed by atoms with E-state index in [0.29, 0.717) is 6.54 Å². The van der Waals surface area contributed by atoms with Gasteiger partial charge >= 0.3 is 0 Å². The van der Waals surface area contributed by atoms with Gasteiger partial charge in [-0.15, -0.1) is 0 Å². The first kappa shape index (κ1) is 16.2. The minimum Gasteiger partial charge on any atom is -0.450 e. The van der Waals surface area contributed by atoms with Crippen LogP contribution in [0.2, 0.25) is 0 Å². The lowest BCUT2D eigenvalue weighted by Gasteiger charge is -2.19. The lowest BCUT2D eigenvalue weighted by Crippen LogP contribution is -2.30. The third-order valence-corrected chi connectivity index (χ3v) is 5.72. The lowest BCUT2D eigenvalue weighted by molar-refractivity contribution is 0.245. The summed E-state index contributed by atoms with van der Waals surface area (Å²) in [5.74, 6) is 0.195. The molecular formula is C13H15BrN2O4S. The smallest absolute Gasteiger partial charge is 0.247 e. The Hall–Kier alpha value is -1.22. The van der Waals surface area contributed by atoms with E-state index in [-0.39, 0.29) is 28.5 Å². The summed E-state index contributed by atoms with van der Waals surface area (Å²) in [5, 5.41) is 9.04. The molecule has 8 heteroatoms. The summed E-state index contributed by atoms with van der Waals surface area (Å²) in [4.78, 5) is 3.93. The molecule has 0 unspecified atom stereocenters. The maximum absolute atomic E-state index is 12.7. The van der Waals surface area contributed by atoms with Crippen LogP contribution >= 0.6 is 15.9 Å². The van der Waals surface area contributed by atoms with E-state index in [0.717, 1.165) is 5.56 Å². The molecule has 2 aromatic heterocycles. The van der Waals surface area contributed by atoms with E-state index in [9.17, 15) is 8.42 Å². The summed E-state index contributed by atoms with van der Waals surface area (Å²) >= 11 is 3.08. The number of sulfonamides is 1. The molecule has 0 bridgehead atoms. The topological polar surface area (TPSA) is 83.6 Å². The summed E-state index contributed by atoms with van der Waals surface area (Å²) in [6.45, 7) is 1.97. The van der Waals surface area contributed by atoms with Crippen molar-refractivity contribution < 1.29 is 17.9 Å². The molecule has 0 aliphatic heterocycles. The van der Waals surface area contributed by atoms with Crippen molar-refractivity contribution in [3.63, 3.8) is 0 Å². The normalized spacial score (nSPS) is 12.0. The summed E-state index contributed by atoms with van der Waals surface area (Å²) in [5.41, 5.74) is 0.845. The number of aliphatic hydroxyl groups is 1. The van der Waals surface area contributed by atoms with Crippen LogP contribution in [-0.4, -0.2) is 29.4 Å². The number of furan rings is 1. The molecule has 0 spiro atoms. The minimum absolute atomic E-state index is 0.0162. The van der Waals surface area contributed by atoms with E-state index >= 15 is 0 Å². The third kappa shape index (κ3) is 3.52. The van der Waals surface area contributed by atoms with Crippen LogP contribution in [0.15, 0.2) is 44.6 Å². The van der Waals surface area contributed by atoms with Crippen molar-refractivity contribution in [2.45, 2.75) is 25.0 Å². The zero-order valence-corrected chi connectivity index (χ0v) is 13.8. The summed E-state index contributed by atoms with van der Waals surface area (Å²) in [6, 6.07) is 4.86. The molecule has 0 atom stereocenters. The van der Waals surface area contributed by atoms with Crippen LogP contribution in [-0.2, 0) is 23.2 Å². The highest BCUT2D eigenvalue weighted by atomic mass is 79.9. The van der Waals surface area contributed by atoms with Crippen molar-refractivity contribution >= 4 is 26.0 Å². The molecule has 2 aromatic rings. The molecule has 0 radical (unpaired) electrons. The zero-order chi connectivity index (χ0) is 15.5. The van der Waals surface area contributed by atoms with Crippen LogP contribution in [0.3, 0.4) is 0 Å². The SMILES string of the molecule is CCN(Cc1ccncc1)S(=O)(=O)c1cc(CO)oc1Br. The Bertz CT molecular complexity index is 700. The molecule has 0 aliphatic rings. The second-order valence-corrected chi connectivity index (χ2v) is 6.92. The Morgan fingerprint density at radius 3 is 2.57 bits per heavy atom. The Balaban J connectivity index is 2.33. The van der Waals surface area contributed by atoms with E-state index < -0.39 is 10.0 Å². The number of aromatic nitrogens is 1. The molecule has 114 valence electrons. The first-order valence-corrected chi connectivity index (χ1v) is 8.50. The van der Waals surface area contributed by atoms with Crippen molar-refractivity contribution in [2.24, 2.45) is 0 Å². The molecule has 0 amide bonds. The molecule has 0 saturated carbocycles. The number of halogens is 1. The van der Waals surface area contributed by atoms with Crippen LogP contribution in [0, 0.1) is 0 Å². The number of aliphatic hydroxyl groups excluding tert-OH is 1. The van der Waals surface area contributed by atoms with Gasteiger partial charge in [0.1, 0.15) is 17.3 Å². The Morgan fingerprint density at radius 1 is 1.38 bits per heavy atom. The predicted molar refractivity (Wildman–Crippen MR) is 79.8 cm³/mol. The Morgan fingerprint density at radius 2 is 2.05 bits per heavy atom. The molecule has 1 N–H and O–H groups in total. The highest BCUT2D eigenvalue weighted by Crippen LogP contribution is 2.29. The van der Waals surface area contributed by atoms with Gasteiger partial charge in [0.2, 0.25) is 10.0 Å². The first-order valence-electron chi connectivity index (χ1n) is 6.27. The van der Waals surface area contributed by atoms with Gasteiger partial charge < -0.3 is 9.52 Å². The average molecular weight is 375 g/mol. The number of rotatable bonds is 6. The molecule has 6 nitrogen and oxygen atoms in total. The van der Waals surface area contributed by atoms with E-state index in [4.69, 9.17) is 9.52 Å². The summed E-state index contributed by atoms with van der Waals surface area (Å²) < 4.78 is 31.9. The van der Waals surface area contributed by atoms with Crippen LogP contribution in [0.4, 0.5) is 0 Å². The van der Waals surface area contributed by atoms with Gasteiger partial charge in [0.05, 0.1) is 0 Å². The predicted octanol–water partition coefficient (Wildman–Crippen LogP) is 2.14. The second-order valence-electron chi connectivity index (χ2n) is 4.30. The van der Waals surface area contributed by atoms with Crippen LogP contribution in [0.25, 0.3) is 0 Å². The quantitative estimate of drug-likeness (QED) is 0.837. The number of pyridine rings is 1. The molecule has 2 heterocycles. The average Bonchev–Trinajstić information content (AvgIpc) is 2.87. The largest absolute Gasteiger partial charge is 0.450 e. The molecule has 0 saturated heterocycles. The van der Waals surface area contributed by atoms with Gasteiger partial charge in [-0.25, -0.2) is 8.42 Å². The minimum atomic E-state index is -3.71. The van der Waals surface area contributed by atoms with Gasteiger partial charge in [-0.05, 0) is 33.6 Å². The molecular weight excluding hydrogens is 360 g/mol. The zero-order valence-electron chi connectivity index (χ0n) is 11.4. The van der Waals surface area contributed by atoms with Gasteiger partial charge in [0.15, 0.2) is 4.67 Å². The first-order chi connectivity index (χ1) is 9.98. The van der Waals surface area contributed by atoms with Gasteiger partial charge in [0, 0.05) is 31.5 Å². The Kier molecular flexibility index (Phi) is 5.15. The maximum Gasteiger partial charge on any atom is 0.247 e. The lowest BCUT2D eigenvalue weighted by atomic mass is 10.3. The fourth-order valence-corrected chi connectivity index (χ4v) is 4.25. The number of hydrogen-bond acceptors (Lipinski definition) is 5. The van der Waals surface area contributed by atoms with Gasteiger partial charge in [-0.2, -0.15) is 4.31 Å². The number of nitrogens with zero attached hydrogens (tertiary/aromatic N) is 2.